The molecule has 2 saturated heterocycles. The molecule has 0 aromatic heterocycles. The van der Waals surface area contributed by atoms with Crippen LogP contribution >= 0.6 is 0 Å². The second-order valence-electron chi connectivity index (χ2n) is 5.15. The van der Waals surface area contributed by atoms with Gasteiger partial charge in [-0.2, -0.15) is 0 Å². The number of ether oxygens (including phenoxy) is 1. The molecule has 0 aromatic carbocycles. The highest BCUT2D eigenvalue weighted by atomic mass is 32.2. The molecule has 2 fully saturated rings. The molecule has 6 nitrogen and oxygen atoms in total. The zero-order valence-electron chi connectivity index (χ0n) is 10.4. The Morgan fingerprint density at radius 3 is 2.67 bits per heavy atom. The summed E-state index contributed by atoms with van der Waals surface area (Å²) in [6, 6.07) is 0. The first-order valence-corrected chi connectivity index (χ1v) is 7.83. The van der Waals surface area contributed by atoms with E-state index in [0.29, 0.717) is 13.2 Å². The van der Waals surface area contributed by atoms with Gasteiger partial charge in [-0.25, -0.2) is 12.7 Å². The van der Waals surface area contributed by atoms with Crippen molar-refractivity contribution in [2.75, 3.05) is 25.4 Å². The minimum absolute atomic E-state index is 0.0218. The minimum Gasteiger partial charge on any atom is -0.481 e. The number of hydrogen-bond donors (Lipinski definition) is 1. The van der Waals surface area contributed by atoms with E-state index in [4.69, 9.17) is 9.84 Å². The van der Waals surface area contributed by atoms with Gasteiger partial charge in [0.1, 0.15) is 0 Å². The maximum absolute atomic E-state index is 12.2. The van der Waals surface area contributed by atoms with Gasteiger partial charge in [-0.05, 0) is 18.8 Å². The summed E-state index contributed by atoms with van der Waals surface area (Å²) >= 11 is 0. The Hall–Kier alpha value is -0.660. The Balaban J connectivity index is 2.00. The third kappa shape index (κ3) is 2.84. The Kier molecular flexibility index (Phi) is 3.93. The lowest BCUT2D eigenvalue weighted by atomic mass is 9.99. The van der Waals surface area contributed by atoms with E-state index in [9.17, 15) is 13.2 Å². The molecule has 18 heavy (non-hydrogen) atoms. The summed E-state index contributed by atoms with van der Waals surface area (Å²) in [7, 11) is -3.40. The molecule has 0 bridgehead atoms. The molecule has 2 rings (SSSR count). The van der Waals surface area contributed by atoms with Crippen LogP contribution in [0.25, 0.3) is 0 Å². The van der Waals surface area contributed by atoms with Crippen LogP contribution in [0.15, 0.2) is 0 Å². The Labute approximate surface area is 107 Å². The number of aliphatic carboxylic acids is 1. The lowest BCUT2D eigenvalue weighted by molar-refractivity contribution is -0.142. The molecule has 0 aromatic rings. The van der Waals surface area contributed by atoms with Gasteiger partial charge in [0.2, 0.25) is 10.0 Å². The summed E-state index contributed by atoms with van der Waals surface area (Å²) in [6.07, 6.45) is 1.44. The van der Waals surface area contributed by atoms with Crippen LogP contribution in [0, 0.1) is 11.8 Å². The van der Waals surface area contributed by atoms with Crippen molar-refractivity contribution in [1.29, 1.82) is 0 Å². The Morgan fingerprint density at radius 1 is 1.44 bits per heavy atom. The average Bonchev–Trinajstić information content (AvgIpc) is 2.86. The Morgan fingerprint density at radius 2 is 2.17 bits per heavy atom. The fourth-order valence-electron chi connectivity index (χ4n) is 2.59. The molecule has 2 aliphatic heterocycles. The van der Waals surface area contributed by atoms with E-state index in [0.717, 1.165) is 12.8 Å². The minimum atomic E-state index is -3.40. The SMILES string of the molecule is CC1CN(S(=O)(=O)CC2CCCO2)CC1C(=O)O. The lowest BCUT2D eigenvalue weighted by Crippen LogP contribution is -2.35. The van der Waals surface area contributed by atoms with Crippen molar-refractivity contribution in [3.05, 3.63) is 0 Å². The molecule has 1 N–H and O–H groups in total. The van der Waals surface area contributed by atoms with Crippen molar-refractivity contribution < 1.29 is 23.1 Å². The van der Waals surface area contributed by atoms with Crippen LogP contribution in [-0.4, -0.2) is 55.4 Å². The molecule has 104 valence electrons. The van der Waals surface area contributed by atoms with E-state index in [1.54, 1.807) is 6.92 Å². The van der Waals surface area contributed by atoms with E-state index in [2.05, 4.69) is 0 Å². The second-order valence-corrected chi connectivity index (χ2v) is 7.17. The molecule has 0 amide bonds. The monoisotopic (exact) mass is 277 g/mol. The molecule has 3 unspecified atom stereocenters. The molecule has 0 aliphatic carbocycles. The van der Waals surface area contributed by atoms with E-state index >= 15 is 0 Å². The highest BCUT2D eigenvalue weighted by Crippen LogP contribution is 2.27. The zero-order chi connectivity index (χ0) is 13.3. The summed E-state index contributed by atoms with van der Waals surface area (Å²) in [5.74, 6) is -1.67. The van der Waals surface area contributed by atoms with Crippen LogP contribution in [0.1, 0.15) is 19.8 Å². The first-order valence-electron chi connectivity index (χ1n) is 6.22. The summed E-state index contributed by atoms with van der Waals surface area (Å²) in [4.78, 5) is 11.0. The van der Waals surface area contributed by atoms with Gasteiger partial charge in [0, 0.05) is 19.7 Å². The largest absolute Gasteiger partial charge is 0.481 e. The second kappa shape index (κ2) is 5.14. The number of sulfonamides is 1. The number of carbonyl (C=O) groups is 1. The van der Waals surface area contributed by atoms with Crippen molar-refractivity contribution in [3.63, 3.8) is 0 Å². The van der Waals surface area contributed by atoms with Crippen molar-refractivity contribution in [3.8, 4) is 0 Å². The first kappa shape index (κ1) is 13.8. The normalized spacial score (nSPS) is 33.9. The maximum Gasteiger partial charge on any atom is 0.308 e. The highest BCUT2D eigenvalue weighted by Gasteiger charge is 2.41. The van der Waals surface area contributed by atoms with Crippen LogP contribution in [-0.2, 0) is 19.6 Å². The number of rotatable bonds is 4. The molecule has 0 spiro atoms. The number of carboxylic acid groups (broad SMARTS) is 1. The third-order valence-corrected chi connectivity index (χ3v) is 5.59. The summed E-state index contributed by atoms with van der Waals surface area (Å²) in [6.45, 7) is 2.78. The quantitative estimate of drug-likeness (QED) is 0.790. The van der Waals surface area contributed by atoms with E-state index in [-0.39, 0.29) is 24.3 Å². The molecule has 0 radical (unpaired) electrons. The van der Waals surface area contributed by atoms with Crippen molar-refractivity contribution in [1.82, 2.24) is 4.31 Å². The average molecular weight is 277 g/mol. The number of carboxylic acids is 1. The predicted molar refractivity (Wildman–Crippen MR) is 64.6 cm³/mol. The van der Waals surface area contributed by atoms with Gasteiger partial charge in [0.05, 0.1) is 17.8 Å². The smallest absolute Gasteiger partial charge is 0.308 e. The predicted octanol–water partition coefficient (Wildman–Crippen LogP) is 0.148. The molecule has 7 heteroatoms. The van der Waals surface area contributed by atoms with Crippen LogP contribution in [0.4, 0.5) is 0 Å². The zero-order valence-corrected chi connectivity index (χ0v) is 11.2. The van der Waals surface area contributed by atoms with Crippen molar-refractivity contribution in [2.24, 2.45) is 11.8 Å². The van der Waals surface area contributed by atoms with Gasteiger partial charge in [-0.15, -0.1) is 0 Å². The van der Waals surface area contributed by atoms with Crippen LogP contribution in [0.2, 0.25) is 0 Å². The highest BCUT2D eigenvalue weighted by molar-refractivity contribution is 7.89. The molecular formula is C11H19NO5S. The van der Waals surface area contributed by atoms with E-state index in [1.165, 1.54) is 4.31 Å². The topological polar surface area (TPSA) is 83.9 Å². The van der Waals surface area contributed by atoms with Gasteiger partial charge >= 0.3 is 5.97 Å². The molecule has 2 heterocycles. The first-order chi connectivity index (χ1) is 8.40. The van der Waals surface area contributed by atoms with Gasteiger partial charge < -0.3 is 9.84 Å². The molecule has 2 aliphatic rings. The Bertz CT molecular complexity index is 415. The molecular weight excluding hydrogens is 258 g/mol. The fraction of sp³-hybridized carbons (Fsp3) is 0.909. The van der Waals surface area contributed by atoms with E-state index in [1.807, 2.05) is 0 Å². The van der Waals surface area contributed by atoms with Crippen LogP contribution < -0.4 is 0 Å². The number of hydrogen-bond acceptors (Lipinski definition) is 4. The van der Waals surface area contributed by atoms with Crippen molar-refractivity contribution >= 4 is 16.0 Å². The van der Waals surface area contributed by atoms with E-state index < -0.39 is 21.9 Å². The standard InChI is InChI=1S/C11H19NO5S/c1-8-5-12(6-10(8)11(13)14)18(15,16)7-9-3-2-4-17-9/h8-10H,2-7H2,1H3,(H,13,14). The van der Waals surface area contributed by atoms with Crippen LogP contribution in [0.3, 0.4) is 0 Å². The molecule has 3 atom stereocenters. The van der Waals surface area contributed by atoms with Gasteiger partial charge in [0.25, 0.3) is 0 Å². The maximum atomic E-state index is 12.2. The molecule has 0 saturated carbocycles. The van der Waals surface area contributed by atoms with Gasteiger partial charge in [-0.3, -0.25) is 4.79 Å². The summed E-state index contributed by atoms with van der Waals surface area (Å²) < 4.78 is 30.9. The van der Waals surface area contributed by atoms with Gasteiger partial charge in [0.15, 0.2) is 0 Å². The van der Waals surface area contributed by atoms with Crippen molar-refractivity contribution in [2.45, 2.75) is 25.9 Å². The van der Waals surface area contributed by atoms with Gasteiger partial charge in [-0.1, -0.05) is 6.92 Å². The summed E-state index contributed by atoms with van der Waals surface area (Å²) in [5.41, 5.74) is 0. The summed E-state index contributed by atoms with van der Waals surface area (Å²) in [5, 5.41) is 9.01. The fourth-order valence-corrected chi connectivity index (χ4v) is 4.38. The lowest BCUT2D eigenvalue weighted by Gasteiger charge is -2.18. The number of nitrogens with zero attached hydrogens (tertiary/aromatic N) is 1. The third-order valence-electron chi connectivity index (χ3n) is 3.71. The van der Waals surface area contributed by atoms with Crippen LogP contribution in [0.5, 0.6) is 0 Å².